The molecule has 0 aromatic rings. The Morgan fingerprint density at radius 2 is 2.40 bits per heavy atom. The third-order valence-electron chi connectivity index (χ3n) is 1.70. The van der Waals surface area contributed by atoms with E-state index in [-0.39, 0.29) is 0 Å². The van der Waals surface area contributed by atoms with Gasteiger partial charge in [0.05, 0.1) is 0 Å². The third-order valence-corrected chi connectivity index (χ3v) is 1.70. The molecule has 1 aliphatic heterocycles. The van der Waals surface area contributed by atoms with Crippen molar-refractivity contribution in [2.75, 3.05) is 0 Å². The molecule has 0 bridgehead atoms. The fourth-order valence-corrected chi connectivity index (χ4v) is 0.703. The number of alkyl halides is 1. The number of ether oxygens (including phenoxy) is 2. The zero-order valence-corrected chi connectivity index (χ0v) is 5.89. The van der Waals surface area contributed by atoms with Crippen LogP contribution in [-0.4, -0.2) is 18.1 Å². The van der Waals surface area contributed by atoms with Gasteiger partial charge in [-0.05, 0) is 13.3 Å². The van der Waals surface area contributed by atoms with Crippen molar-refractivity contribution in [2.45, 2.75) is 32.2 Å². The van der Waals surface area contributed by atoms with Gasteiger partial charge in [-0.15, -0.1) is 0 Å². The van der Waals surface area contributed by atoms with Crippen LogP contribution in [0.3, 0.4) is 0 Å². The zero-order valence-electron chi connectivity index (χ0n) is 5.89. The van der Waals surface area contributed by atoms with Crippen molar-refractivity contribution in [3.63, 3.8) is 0 Å². The lowest BCUT2D eigenvalue weighted by atomic mass is 10.0. The highest BCUT2D eigenvalue weighted by molar-refractivity contribution is 5.63. The van der Waals surface area contributed by atoms with Crippen LogP contribution < -0.4 is 0 Å². The highest BCUT2D eigenvalue weighted by atomic mass is 19.1. The second-order valence-electron chi connectivity index (χ2n) is 2.45. The molecular weight excluding hydrogens is 139 g/mol. The minimum Gasteiger partial charge on any atom is -0.421 e. The molecule has 1 fully saturated rings. The summed E-state index contributed by atoms with van der Waals surface area (Å²) in [6, 6.07) is 0. The van der Waals surface area contributed by atoms with Crippen LogP contribution in [0.5, 0.6) is 0 Å². The number of carbonyl (C=O) groups excluding carboxylic acids is 1. The van der Waals surface area contributed by atoms with E-state index in [4.69, 9.17) is 0 Å². The predicted octanol–water partition coefficient (Wildman–Crippen LogP) is 1.62. The van der Waals surface area contributed by atoms with Gasteiger partial charge in [0, 0.05) is 0 Å². The SMILES string of the molecule is CCC1(C)OC(=O)OC1F. The monoisotopic (exact) mass is 148 g/mol. The maximum atomic E-state index is 12.7. The molecule has 0 aromatic heterocycles. The first-order valence-electron chi connectivity index (χ1n) is 3.12. The van der Waals surface area contributed by atoms with Crippen molar-refractivity contribution in [1.29, 1.82) is 0 Å². The van der Waals surface area contributed by atoms with Crippen LogP contribution in [0, 0.1) is 0 Å². The third kappa shape index (κ3) is 0.936. The van der Waals surface area contributed by atoms with Crippen molar-refractivity contribution in [3.8, 4) is 0 Å². The van der Waals surface area contributed by atoms with E-state index in [9.17, 15) is 9.18 Å². The fraction of sp³-hybridized carbons (Fsp3) is 0.833. The van der Waals surface area contributed by atoms with Crippen LogP contribution in [0.2, 0.25) is 0 Å². The van der Waals surface area contributed by atoms with Crippen molar-refractivity contribution in [2.24, 2.45) is 0 Å². The van der Waals surface area contributed by atoms with Gasteiger partial charge >= 0.3 is 6.16 Å². The summed E-state index contributed by atoms with van der Waals surface area (Å²) in [6.45, 7) is 3.23. The molecule has 1 rings (SSSR count). The summed E-state index contributed by atoms with van der Waals surface area (Å²) in [5, 5.41) is 0. The van der Waals surface area contributed by atoms with Gasteiger partial charge in [0.1, 0.15) is 0 Å². The Hall–Kier alpha value is -0.800. The lowest BCUT2D eigenvalue weighted by Gasteiger charge is -2.18. The first-order valence-corrected chi connectivity index (χ1v) is 3.12. The highest BCUT2D eigenvalue weighted by Gasteiger charge is 2.46. The average molecular weight is 148 g/mol. The molecule has 2 atom stereocenters. The molecule has 58 valence electrons. The van der Waals surface area contributed by atoms with Gasteiger partial charge in [-0.2, -0.15) is 4.39 Å². The van der Waals surface area contributed by atoms with Gasteiger partial charge in [0.2, 0.25) is 0 Å². The van der Waals surface area contributed by atoms with Gasteiger partial charge in [0.25, 0.3) is 6.36 Å². The maximum absolute atomic E-state index is 12.7. The molecule has 0 aliphatic carbocycles. The Bertz CT molecular complexity index is 159. The average Bonchev–Trinajstić information content (AvgIpc) is 2.09. The summed E-state index contributed by atoms with van der Waals surface area (Å²) in [5.41, 5.74) is -1.07. The summed E-state index contributed by atoms with van der Waals surface area (Å²) in [7, 11) is 0. The van der Waals surface area contributed by atoms with E-state index in [1.807, 2.05) is 0 Å². The number of hydrogen-bond acceptors (Lipinski definition) is 3. The molecule has 0 aromatic carbocycles. The molecule has 0 N–H and O–H groups in total. The fourth-order valence-electron chi connectivity index (χ4n) is 0.703. The molecule has 0 spiro atoms. The summed E-state index contributed by atoms with van der Waals surface area (Å²) in [6.07, 6.45) is -2.12. The predicted molar refractivity (Wildman–Crippen MR) is 31.2 cm³/mol. The lowest BCUT2D eigenvalue weighted by molar-refractivity contribution is -0.0318. The van der Waals surface area contributed by atoms with E-state index in [1.165, 1.54) is 6.92 Å². The van der Waals surface area contributed by atoms with Gasteiger partial charge in [-0.3, -0.25) is 0 Å². The molecule has 10 heavy (non-hydrogen) atoms. The van der Waals surface area contributed by atoms with Crippen LogP contribution >= 0.6 is 0 Å². The standard InChI is InChI=1S/C6H9FO3/c1-3-6(2)4(7)9-5(8)10-6/h4H,3H2,1-2H3. The minimum absolute atomic E-state index is 0.417. The number of cyclic esters (lactones) is 2. The normalized spacial score (nSPS) is 39.1. The van der Waals surface area contributed by atoms with Crippen LogP contribution in [-0.2, 0) is 9.47 Å². The Labute approximate surface area is 58.1 Å². The second-order valence-corrected chi connectivity index (χ2v) is 2.45. The topological polar surface area (TPSA) is 35.5 Å². The minimum atomic E-state index is -1.62. The number of hydrogen-bond donors (Lipinski definition) is 0. The van der Waals surface area contributed by atoms with Gasteiger partial charge in [-0.1, -0.05) is 6.92 Å². The number of rotatable bonds is 1. The maximum Gasteiger partial charge on any atom is 0.511 e. The van der Waals surface area contributed by atoms with Crippen molar-refractivity contribution in [3.05, 3.63) is 0 Å². The number of carbonyl (C=O) groups is 1. The van der Waals surface area contributed by atoms with E-state index in [0.29, 0.717) is 6.42 Å². The van der Waals surface area contributed by atoms with Gasteiger partial charge in [0.15, 0.2) is 5.60 Å². The molecule has 1 saturated heterocycles. The smallest absolute Gasteiger partial charge is 0.421 e. The largest absolute Gasteiger partial charge is 0.511 e. The van der Waals surface area contributed by atoms with E-state index in [1.54, 1.807) is 6.92 Å². The van der Waals surface area contributed by atoms with Gasteiger partial charge in [-0.25, -0.2) is 4.79 Å². The molecular formula is C6H9FO3. The van der Waals surface area contributed by atoms with Crippen molar-refractivity contribution >= 4 is 6.16 Å². The molecule has 1 heterocycles. The van der Waals surface area contributed by atoms with Crippen LogP contribution in [0.25, 0.3) is 0 Å². The molecule has 1 aliphatic rings. The Morgan fingerprint density at radius 3 is 2.60 bits per heavy atom. The van der Waals surface area contributed by atoms with Crippen LogP contribution in [0.15, 0.2) is 0 Å². The number of halogens is 1. The summed E-state index contributed by atoms with van der Waals surface area (Å²) in [5.74, 6) is 0. The van der Waals surface area contributed by atoms with Crippen LogP contribution in [0.4, 0.5) is 9.18 Å². The molecule has 0 radical (unpaired) electrons. The first-order chi connectivity index (χ1) is 4.58. The summed E-state index contributed by atoms with van der Waals surface area (Å²) >= 11 is 0. The molecule has 2 unspecified atom stereocenters. The quantitative estimate of drug-likeness (QED) is 0.530. The Kier molecular flexibility index (Phi) is 1.54. The second kappa shape index (κ2) is 2.11. The Morgan fingerprint density at radius 1 is 1.80 bits per heavy atom. The van der Waals surface area contributed by atoms with E-state index < -0.39 is 18.1 Å². The molecule has 4 heteroatoms. The first kappa shape index (κ1) is 7.31. The van der Waals surface area contributed by atoms with E-state index in [0.717, 1.165) is 0 Å². The van der Waals surface area contributed by atoms with E-state index >= 15 is 0 Å². The summed E-state index contributed by atoms with van der Waals surface area (Å²) < 4.78 is 21.4. The Balaban J connectivity index is 2.70. The van der Waals surface area contributed by atoms with Crippen molar-refractivity contribution in [1.82, 2.24) is 0 Å². The van der Waals surface area contributed by atoms with Crippen molar-refractivity contribution < 1.29 is 18.7 Å². The molecule has 0 amide bonds. The van der Waals surface area contributed by atoms with Crippen LogP contribution in [0.1, 0.15) is 20.3 Å². The molecule has 0 saturated carbocycles. The van der Waals surface area contributed by atoms with E-state index in [2.05, 4.69) is 9.47 Å². The highest BCUT2D eigenvalue weighted by Crippen LogP contribution is 2.30. The van der Waals surface area contributed by atoms with Gasteiger partial charge < -0.3 is 9.47 Å². The zero-order chi connectivity index (χ0) is 7.78. The lowest BCUT2D eigenvalue weighted by Crippen LogP contribution is -2.32. The molecule has 3 nitrogen and oxygen atoms in total. The summed E-state index contributed by atoms with van der Waals surface area (Å²) in [4.78, 5) is 10.3.